The molecule has 0 N–H and O–H groups in total. The summed E-state index contributed by atoms with van der Waals surface area (Å²) in [5.74, 6) is 0. The van der Waals surface area contributed by atoms with Gasteiger partial charge in [0.1, 0.15) is 10.5 Å². The minimum Gasteiger partial charge on any atom is -0.463 e. The molecule has 0 rings (SSSR count). The van der Waals surface area contributed by atoms with Crippen LogP contribution in [-0.4, -0.2) is 25.5 Å². The van der Waals surface area contributed by atoms with E-state index in [1.54, 1.807) is 0 Å². The molecule has 0 unspecified atom stereocenters. The molecule has 0 aromatic heterocycles. The summed E-state index contributed by atoms with van der Waals surface area (Å²) < 4.78 is 17.0. The average molecular weight is 166 g/mol. The van der Waals surface area contributed by atoms with E-state index in [-0.39, 0.29) is 6.67 Å². The summed E-state index contributed by atoms with van der Waals surface area (Å²) in [6, 6.07) is 0.965. The van der Waals surface area contributed by atoms with Gasteiger partial charge in [-0.05, 0) is 25.6 Å². The monoisotopic (exact) mass is 166 g/mol. The van der Waals surface area contributed by atoms with Crippen molar-refractivity contribution in [2.45, 2.75) is 25.6 Å². The molecule has 1 nitrogen and oxygen atoms in total. The smallest absolute Gasteiger partial charge is 0.172 e. The predicted octanol–water partition coefficient (Wildman–Crippen LogP) is 0.848. The fourth-order valence-electron chi connectivity index (χ4n) is 0.595. The van der Waals surface area contributed by atoms with Crippen LogP contribution in [0.2, 0.25) is 19.1 Å². The summed E-state index contributed by atoms with van der Waals surface area (Å²) in [5.41, 5.74) is 0. The van der Waals surface area contributed by atoms with Crippen LogP contribution < -0.4 is 0 Å². The van der Waals surface area contributed by atoms with Gasteiger partial charge in [0, 0.05) is 0 Å². The summed E-state index contributed by atoms with van der Waals surface area (Å²) in [7, 11) is -0.573. The molecular weight excluding hydrogens is 151 g/mol. The van der Waals surface area contributed by atoms with Crippen molar-refractivity contribution in [3.63, 3.8) is 0 Å². The van der Waals surface area contributed by atoms with Crippen LogP contribution in [-0.2, 0) is 4.12 Å². The molecule has 4 heteroatoms. The maximum absolute atomic E-state index is 11.6. The fraction of sp³-hybridized carbons (Fsp3) is 1.00. The Morgan fingerprint density at radius 1 is 1.56 bits per heavy atom. The van der Waals surface area contributed by atoms with E-state index in [1.807, 2.05) is 0 Å². The zero-order chi connectivity index (χ0) is 7.33. The van der Waals surface area contributed by atoms with Gasteiger partial charge in [-0.3, -0.25) is 4.39 Å². The largest absolute Gasteiger partial charge is 0.463 e. The minimum atomic E-state index is -1.38. The van der Waals surface area contributed by atoms with Crippen LogP contribution in [0.4, 0.5) is 4.39 Å². The van der Waals surface area contributed by atoms with Gasteiger partial charge < -0.3 is 4.12 Å². The van der Waals surface area contributed by atoms with Crippen LogP contribution in [0.3, 0.4) is 0 Å². The molecule has 0 aliphatic heterocycles. The number of rotatable bonds is 4. The highest BCUT2D eigenvalue weighted by molar-refractivity contribution is 6.73. The lowest BCUT2D eigenvalue weighted by Gasteiger charge is -2.19. The van der Waals surface area contributed by atoms with Crippen LogP contribution in [0.25, 0.3) is 0 Å². The van der Waals surface area contributed by atoms with Gasteiger partial charge in [0.15, 0.2) is 8.32 Å². The summed E-state index contributed by atoms with van der Waals surface area (Å²) in [6.07, 6.45) is 0.682. The molecule has 0 heterocycles. The van der Waals surface area contributed by atoms with Crippen LogP contribution in [0.5, 0.6) is 0 Å². The first-order valence-corrected chi connectivity index (χ1v) is 7.17. The average Bonchev–Trinajstić information content (AvgIpc) is 1.84. The Balaban J connectivity index is 3.33. The van der Waals surface area contributed by atoms with Gasteiger partial charge in [0.05, 0.1) is 6.67 Å². The molecule has 0 aromatic carbocycles. The minimum absolute atomic E-state index is 0.193. The first-order chi connectivity index (χ1) is 4.12. The third-order valence-electron chi connectivity index (χ3n) is 1.47. The van der Waals surface area contributed by atoms with Crippen LogP contribution in [0.1, 0.15) is 6.42 Å². The van der Waals surface area contributed by atoms with Gasteiger partial charge in [0.25, 0.3) is 0 Å². The Kier molecular flexibility index (Phi) is 4.34. The molecule has 9 heavy (non-hydrogen) atoms. The Morgan fingerprint density at radius 2 is 2.11 bits per heavy atom. The van der Waals surface area contributed by atoms with Gasteiger partial charge in [-0.15, -0.1) is 0 Å². The second kappa shape index (κ2) is 4.19. The predicted molar refractivity (Wildman–Crippen MR) is 43.9 cm³/mol. The summed E-state index contributed by atoms with van der Waals surface area (Å²) in [4.78, 5) is 0. The summed E-state index contributed by atoms with van der Waals surface area (Å²) in [6.45, 7) is 4.08. The Hall–Kier alpha value is 0.324. The highest BCUT2D eigenvalue weighted by atomic mass is 28.4. The number of hydrogen-bond acceptors (Lipinski definition) is 1. The molecular formula is C5H15FOSi2. The molecule has 56 valence electrons. The molecule has 0 radical (unpaired) electrons. The van der Waals surface area contributed by atoms with E-state index in [0.717, 1.165) is 16.5 Å². The Morgan fingerprint density at radius 3 is 2.44 bits per heavy atom. The van der Waals surface area contributed by atoms with E-state index >= 15 is 0 Å². The van der Waals surface area contributed by atoms with Crippen molar-refractivity contribution in [2.75, 3.05) is 6.67 Å². The van der Waals surface area contributed by atoms with E-state index in [2.05, 4.69) is 13.1 Å². The number of alkyl halides is 1. The van der Waals surface area contributed by atoms with Crippen molar-refractivity contribution in [2.24, 2.45) is 0 Å². The van der Waals surface area contributed by atoms with E-state index < -0.39 is 8.32 Å². The van der Waals surface area contributed by atoms with Crippen LogP contribution in [0.15, 0.2) is 0 Å². The lowest BCUT2D eigenvalue weighted by molar-refractivity contribution is 0.477. The van der Waals surface area contributed by atoms with Crippen molar-refractivity contribution in [1.82, 2.24) is 0 Å². The van der Waals surface area contributed by atoms with Gasteiger partial charge >= 0.3 is 0 Å². The molecule has 0 spiro atoms. The van der Waals surface area contributed by atoms with Crippen molar-refractivity contribution >= 4 is 18.8 Å². The van der Waals surface area contributed by atoms with Gasteiger partial charge in [-0.1, -0.05) is 0 Å². The highest BCUT2D eigenvalue weighted by Gasteiger charge is 2.18. The van der Waals surface area contributed by atoms with Crippen molar-refractivity contribution in [3.05, 3.63) is 0 Å². The van der Waals surface area contributed by atoms with E-state index in [1.165, 1.54) is 0 Å². The quantitative estimate of drug-likeness (QED) is 0.563. The topological polar surface area (TPSA) is 9.23 Å². The number of hydrogen-bond donors (Lipinski definition) is 0. The highest BCUT2D eigenvalue weighted by Crippen LogP contribution is 2.11. The summed E-state index contributed by atoms with van der Waals surface area (Å²) >= 11 is 0. The second-order valence-corrected chi connectivity index (χ2v) is 8.41. The van der Waals surface area contributed by atoms with Crippen molar-refractivity contribution in [1.29, 1.82) is 0 Å². The molecule has 0 aliphatic carbocycles. The lowest BCUT2D eigenvalue weighted by Crippen LogP contribution is -2.28. The molecule has 0 saturated heterocycles. The molecule has 0 atom stereocenters. The van der Waals surface area contributed by atoms with E-state index in [9.17, 15) is 4.39 Å². The molecule has 0 bridgehead atoms. The second-order valence-electron chi connectivity index (χ2n) is 2.76. The van der Waals surface area contributed by atoms with Crippen molar-refractivity contribution < 1.29 is 8.51 Å². The maximum atomic E-state index is 11.6. The molecule has 0 saturated carbocycles. The van der Waals surface area contributed by atoms with Crippen molar-refractivity contribution in [3.8, 4) is 0 Å². The summed E-state index contributed by atoms with van der Waals surface area (Å²) in [5, 5.41) is 0. The van der Waals surface area contributed by atoms with Gasteiger partial charge in [0.2, 0.25) is 0 Å². The zero-order valence-corrected chi connectivity index (χ0v) is 9.41. The molecule has 0 amide bonds. The third-order valence-corrected chi connectivity index (χ3v) is 7.44. The fourth-order valence-corrected chi connectivity index (χ4v) is 2.40. The van der Waals surface area contributed by atoms with Gasteiger partial charge in [-0.2, -0.15) is 0 Å². The third kappa shape index (κ3) is 4.80. The molecule has 0 aromatic rings. The first-order valence-electron chi connectivity index (χ1n) is 3.23. The first kappa shape index (κ1) is 9.32. The van der Waals surface area contributed by atoms with E-state index in [4.69, 9.17) is 4.12 Å². The molecule has 0 aliphatic rings. The standard InChI is InChI=1S/C5H15FOSi2/c1-9(2,7-8)5-3-4-6/h3-5H2,1-2,8H3. The number of halogens is 1. The SMILES string of the molecule is C[Si](C)(CCCF)O[SiH3]. The van der Waals surface area contributed by atoms with Crippen LogP contribution in [0, 0.1) is 0 Å². The normalized spacial score (nSPS) is 12.3. The Bertz CT molecular complexity index is 77.4. The maximum Gasteiger partial charge on any atom is 0.172 e. The van der Waals surface area contributed by atoms with Crippen LogP contribution >= 0.6 is 0 Å². The Labute approximate surface area is 60.3 Å². The lowest BCUT2D eigenvalue weighted by atomic mass is 10.6. The zero-order valence-electron chi connectivity index (χ0n) is 6.41. The van der Waals surface area contributed by atoms with E-state index in [0.29, 0.717) is 6.42 Å². The van der Waals surface area contributed by atoms with Gasteiger partial charge in [-0.25, -0.2) is 0 Å². The molecule has 0 fully saturated rings.